The molecule has 0 radical (unpaired) electrons. The van der Waals surface area contributed by atoms with Gasteiger partial charge in [0.1, 0.15) is 0 Å². The van der Waals surface area contributed by atoms with Gasteiger partial charge in [-0.1, -0.05) is 25.1 Å². The van der Waals surface area contributed by atoms with Gasteiger partial charge < -0.3 is 10.3 Å². The Bertz CT molecular complexity index is 738. The van der Waals surface area contributed by atoms with Crippen LogP contribution in [0.2, 0.25) is 0 Å². The Labute approximate surface area is 125 Å². The van der Waals surface area contributed by atoms with Crippen LogP contribution in [0.1, 0.15) is 37.6 Å². The Balaban J connectivity index is 1.93. The van der Waals surface area contributed by atoms with Gasteiger partial charge in [-0.25, -0.2) is 0 Å². The van der Waals surface area contributed by atoms with Crippen LogP contribution in [0.5, 0.6) is 0 Å². The van der Waals surface area contributed by atoms with Crippen LogP contribution in [0.4, 0.5) is 0 Å². The van der Waals surface area contributed by atoms with E-state index in [1.165, 1.54) is 16.5 Å². The van der Waals surface area contributed by atoms with Gasteiger partial charge >= 0.3 is 0 Å². The highest BCUT2D eigenvalue weighted by molar-refractivity contribution is 5.81. The predicted molar refractivity (Wildman–Crippen MR) is 86.2 cm³/mol. The van der Waals surface area contributed by atoms with Crippen molar-refractivity contribution in [3.05, 3.63) is 54.0 Å². The molecule has 3 rings (SSSR count). The largest absolute Gasteiger partial charge is 0.348 e. The average Bonchev–Trinajstić information content (AvgIpc) is 3.12. The van der Waals surface area contributed by atoms with E-state index in [0.29, 0.717) is 0 Å². The molecule has 2 N–H and O–H groups in total. The van der Waals surface area contributed by atoms with Crippen LogP contribution in [-0.4, -0.2) is 14.3 Å². The van der Waals surface area contributed by atoms with Gasteiger partial charge in [0.2, 0.25) is 0 Å². The number of para-hydroxylation sites is 1. The first-order chi connectivity index (χ1) is 10.2. The number of rotatable bonds is 5. The van der Waals surface area contributed by atoms with Crippen LogP contribution < -0.4 is 5.73 Å². The van der Waals surface area contributed by atoms with Crippen molar-refractivity contribution in [2.45, 2.75) is 39.4 Å². The molecule has 2 heterocycles. The minimum Gasteiger partial charge on any atom is -0.348 e. The number of nitrogens with two attached hydrogens (primary N) is 1. The minimum atomic E-state index is 0.121. The fourth-order valence-corrected chi connectivity index (χ4v) is 2.74. The molecule has 110 valence electrons. The highest BCUT2D eigenvalue weighted by atomic mass is 15.3. The highest BCUT2D eigenvalue weighted by Gasteiger charge is 2.10. The topological polar surface area (TPSA) is 48.8 Å². The lowest BCUT2D eigenvalue weighted by atomic mass is 10.1. The molecule has 0 saturated heterocycles. The number of nitrogens with zero attached hydrogens (tertiary/aromatic N) is 3. The minimum absolute atomic E-state index is 0.121. The molecule has 4 heteroatoms. The summed E-state index contributed by atoms with van der Waals surface area (Å²) in [4.78, 5) is 0. The fraction of sp³-hybridized carbons (Fsp3) is 0.353. The number of fused-ring (bicyclic) bond motifs is 1. The van der Waals surface area contributed by atoms with Gasteiger partial charge in [0.25, 0.3) is 0 Å². The third-order valence-electron chi connectivity index (χ3n) is 4.01. The Morgan fingerprint density at radius 1 is 1.19 bits per heavy atom. The normalized spacial score (nSPS) is 12.9. The maximum Gasteiger partial charge on any atom is 0.0900 e. The molecule has 0 spiro atoms. The first-order valence-corrected chi connectivity index (χ1v) is 7.58. The molecular weight excluding hydrogens is 260 g/mol. The molecule has 1 atom stereocenters. The zero-order valence-electron chi connectivity index (χ0n) is 12.7. The molecule has 1 aromatic carbocycles. The van der Waals surface area contributed by atoms with Crippen LogP contribution in [0.15, 0.2) is 42.7 Å². The number of aromatic nitrogens is 3. The van der Waals surface area contributed by atoms with E-state index in [-0.39, 0.29) is 6.04 Å². The molecule has 2 aromatic heterocycles. The standard InChI is InChI=1S/C17H22N4/c1-3-15(18)13-9-10-20(11-13)12-16-14-7-5-6-8-17(14)21(4-2)19-16/h5-11,15H,3-4,12,18H2,1-2H3. The predicted octanol–water partition coefficient (Wildman–Crippen LogP) is 3.32. The van der Waals surface area contributed by atoms with E-state index in [2.05, 4.69) is 65.8 Å². The summed E-state index contributed by atoms with van der Waals surface area (Å²) in [6, 6.07) is 10.6. The maximum atomic E-state index is 6.08. The molecule has 21 heavy (non-hydrogen) atoms. The van der Waals surface area contributed by atoms with E-state index in [1.54, 1.807) is 0 Å². The van der Waals surface area contributed by atoms with E-state index < -0.39 is 0 Å². The van der Waals surface area contributed by atoms with E-state index in [1.807, 2.05) is 0 Å². The number of benzene rings is 1. The molecule has 3 aromatic rings. The lowest BCUT2D eigenvalue weighted by molar-refractivity contribution is 0.651. The zero-order chi connectivity index (χ0) is 14.8. The van der Waals surface area contributed by atoms with Crippen molar-refractivity contribution < 1.29 is 0 Å². The van der Waals surface area contributed by atoms with E-state index >= 15 is 0 Å². The monoisotopic (exact) mass is 282 g/mol. The first-order valence-electron chi connectivity index (χ1n) is 7.58. The Morgan fingerprint density at radius 3 is 2.76 bits per heavy atom. The van der Waals surface area contributed by atoms with Crippen molar-refractivity contribution in [1.82, 2.24) is 14.3 Å². The average molecular weight is 282 g/mol. The molecule has 0 bridgehead atoms. The van der Waals surface area contributed by atoms with E-state index in [9.17, 15) is 0 Å². The van der Waals surface area contributed by atoms with Crippen LogP contribution in [0.25, 0.3) is 10.9 Å². The van der Waals surface area contributed by atoms with Crippen molar-refractivity contribution in [3.8, 4) is 0 Å². The summed E-state index contributed by atoms with van der Waals surface area (Å²) >= 11 is 0. The molecule has 0 fully saturated rings. The summed E-state index contributed by atoms with van der Waals surface area (Å²) in [6.07, 6.45) is 5.18. The second kappa shape index (κ2) is 5.74. The van der Waals surface area contributed by atoms with Crippen molar-refractivity contribution in [1.29, 1.82) is 0 Å². The van der Waals surface area contributed by atoms with Gasteiger partial charge in [-0.05, 0) is 31.0 Å². The molecule has 0 saturated carbocycles. The Hall–Kier alpha value is -2.07. The summed E-state index contributed by atoms with van der Waals surface area (Å²) < 4.78 is 4.23. The fourth-order valence-electron chi connectivity index (χ4n) is 2.74. The smallest absolute Gasteiger partial charge is 0.0900 e. The van der Waals surface area contributed by atoms with Crippen LogP contribution in [0, 0.1) is 0 Å². The summed E-state index contributed by atoms with van der Waals surface area (Å²) in [5, 5.41) is 5.97. The maximum absolute atomic E-state index is 6.08. The molecule has 0 aliphatic rings. The number of aryl methyl sites for hydroxylation is 1. The third-order valence-corrected chi connectivity index (χ3v) is 4.01. The Morgan fingerprint density at radius 2 is 2.00 bits per heavy atom. The second-order valence-electron chi connectivity index (χ2n) is 5.41. The van der Waals surface area contributed by atoms with E-state index in [0.717, 1.165) is 25.2 Å². The molecule has 1 unspecified atom stereocenters. The van der Waals surface area contributed by atoms with Crippen LogP contribution in [-0.2, 0) is 13.1 Å². The lowest BCUT2D eigenvalue weighted by Gasteiger charge is -2.05. The summed E-state index contributed by atoms with van der Waals surface area (Å²) in [7, 11) is 0. The lowest BCUT2D eigenvalue weighted by Crippen LogP contribution is -2.07. The molecule has 0 aliphatic heterocycles. The van der Waals surface area contributed by atoms with Gasteiger partial charge in [0.15, 0.2) is 0 Å². The van der Waals surface area contributed by atoms with Crippen molar-refractivity contribution in [2.75, 3.05) is 0 Å². The molecule has 0 amide bonds. The highest BCUT2D eigenvalue weighted by Crippen LogP contribution is 2.20. The quantitative estimate of drug-likeness (QED) is 0.780. The van der Waals surface area contributed by atoms with Gasteiger partial charge in [-0.2, -0.15) is 5.10 Å². The molecule has 0 aliphatic carbocycles. The van der Waals surface area contributed by atoms with Gasteiger partial charge in [-0.3, -0.25) is 4.68 Å². The number of hydrogen-bond acceptors (Lipinski definition) is 2. The molecule has 4 nitrogen and oxygen atoms in total. The SMILES string of the molecule is CCC(N)c1ccn(Cc2nn(CC)c3ccccc23)c1. The Kier molecular flexibility index (Phi) is 3.80. The summed E-state index contributed by atoms with van der Waals surface area (Å²) in [5.74, 6) is 0. The zero-order valence-corrected chi connectivity index (χ0v) is 12.7. The van der Waals surface area contributed by atoms with Gasteiger partial charge in [0, 0.05) is 30.4 Å². The number of hydrogen-bond donors (Lipinski definition) is 1. The molecular formula is C17H22N4. The summed E-state index contributed by atoms with van der Waals surface area (Å²) in [6.45, 7) is 5.90. The summed E-state index contributed by atoms with van der Waals surface area (Å²) in [5.41, 5.74) is 9.59. The van der Waals surface area contributed by atoms with Crippen LogP contribution in [0.3, 0.4) is 0 Å². The van der Waals surface area contributed by atoms with Crippen molar-refractivity contribution in [3.63, 3.8) is 0 Å². The van der Waals surface area contributed by atoms with Crippen molar-refractivity contribution in [2.24, 2.45) is 5.73 Å². The van der Waals surface area contributed by atoms with Gasteiger partial charge in [0.05, 0.1) is 17.8 Å². The van der Waals surface area contributed by atoms with Gasteiger partial charge in [-0.15, -0.1) is 0 Å². The third kappa shape index (κ3) is 2.59. The van der Waals surface area contributed by atoms with Crippen molar-refractivity contribution >= 4 is 10.9 Å². The second-order valence-corrected chi connectivity index (χ2v) is 5.41. The first kappa shape index (κ1) is 13.9. The van der Waals surface area contributed by atoms with E-state index in [4.69, 9.17) is 10.8 Å². The van der Waals surface area contributed by atoms with Crippen LogP contribution >= 0.6 is 0 Å².